The zero-order valence-corrected chi connectivity index (χ0v) is 17.4. The van der Waals surface area contributed by atoms with Crippen molar-refractivity contribution in [2.45, 2.75) is 13.0 Å². The van der Waals surface area contributed by atoms with E-state index in [-0.39, 0.29) is 5.91 Å². The van der Waals surface area contributed by atoms with Crippen molar-refractivity contribution < 1.29 is 24.6 Å². The molecule has 0 unspecified atom stereocenters. The first-order valence-electron chi connectivity index (χ1n) is 9.10. The van der Waals surface area contributed by atoms with Crippen LogP contribution >= 0.6 is 15.9 Å². The lowest BCUT2D eigenvalue weighted by atomic mass is 10.1. The quantitative estimate of drug-likeness (QED) is 0.677. The summed E-state index contributed by atoms with van der Waals surface area (Å²) < 4.78 is 1.11. The molecule has 1 heterocycles. The highest BCUT2D eigenvalue weighted by Gasteiger charge is 2.21. The summed E-state index contributed by atoms with van der Waals surface area (Å²) in [6.07, 6.45) is 0.507. The first-order valence-corrected chi connectivity index (χ1v) is 9.89. The first-order chi connectivity index (χ1) is 13.8. The van der Waals surface area contributed by atoms with Gasteiger partial charge < -0.3 is 15.1 Å². The number of carboxylic acids is 2. The standard InChI is InChI=1S/C19H21BrN2O.C2H2O4/c20-18-8-6-17(7-9-18)15-21-10-12-22(13-11-21)19(23)14-16-4-2-1-3-5-16;3-1(4)2(5)6/h1-9H,10-15H2;(H,3,4)(H,5,6). The highest BCUT2D eigenvalue weighted by Crippen LogP contribution is 2.14. The second-order valence-electron chi connectivity index (χ2n) is 6.56. The number of carbonyl (C=O) groups excluding carboxylic acids is 1. The van der Waals surface area contributed by atoms with Crippen molar-refractivity contribution in [1.29, 1.82) is 0 Å². The molecule has 3 rings (SSSR count). The number of carbonyl (C=O) groups is 3. The lowest BCUT2D eigenvalue weighted by molar-refractivity contribution is -0.159. The summed E-state index contributed by atoms with van der Waals surface area (Å²) in [7, 11) is 0. The summed E-state index contributed by atoms with van der Waals surface area (Å²) in [5, 5.41) is 14.8. The van der Waals surface area contributed by atoms with Crippen LogP contribution in [0.3, 0.4) is 0 Å². The predicted molar refractivity (Wildman–Crippen MR) is 111 cm³/mol. The molecule has 29 heavy (non-hydrogen) atoms. The van der Waals surface area contributed by atoms with E-state index in [1.807, 2.05) is 35.2 Å². The molecule has 8 heteroatoms. The Morgan fingerprint density at radius 2 is 1.34 bits per heavy atom. The molecule has 0 atom stereocenters. The van der Waals surface area contributed by atoms with Gasteiger partial charge in [0.2, 0.25) is 5.91 Å². The number of nitrogens with zero attached hydrogens (tertiary/aromatic N) is 2. The molecule has 2 N–H and O–H groups in total. The minimum atomic E-state index is -1.82. The Kier molecular flexibility index (Phi) is 8.82. The van der Waals surface area contributed by atoms with E-state index in [2.05, 4.69) is 45.1 Å². The molecule has 1 fully saturated rings. The van der Waals surface area contributed by atoms with E-state index >= 15 is 0 Å². The van der Waals surface area contributed by atoms with Crippen LogP contribution in [0.25, 0.3) is 0 Å². The Labute approximate surface area is 177 Å². The topological polar surface area (TPSA) is 98.2 Å². The Hall–Kier alpha value is -2.71. The molecule has 0 saturated carbocycles. The van der Waals surface area contributed by atoms with E-state index in [0.29, 0.717) is 6.42 Å². The van der Waals surface area contributed by atoms with Gasteiger partial charge in [-0.3, -0.25) is 9.69 Å². The van der Waals surface area contributed by atoms with Gasteiger partial charge in [-0.25, -0.2) is 9.59 Å². The highest BCUT2D eigenvalue weighted by atomic mass is 79.9. The van der Waals surface area contributed by atoms with Gasteiger partial charge in [0, 0.05) is 37.2 Å². The number of piperazine rings is 1. The van der Waals surface area contributed by atoms with Crippen molar-refractivity contribution in [3.63, 3.8) is 0 Å². The maximum atomic E-state index is 12.4. The third-order valence-corrected chi connectivity index (χ3v) is 4.95. The summed E-state index contributed by atoms with van der Waals surface area (Å²) in [6.45, 7) is 4.48. The molecule has 154 valence electrons. The highest BCUT2D eigenvalue weighted by molar-refractivity contribution is 9.10. The Morgan fingerprint density at radius 3 is 1.86 bits per heavy atom. The molecule has 7 nitrogen and oxygen atoms in total. The molecule has 2 aromatic carbocycles. The zero-order chi connectivity index (χ0) is 21.2. The van der Waals surface area contributed by atoms with Crippen molar-refractivity contribution in [2.75, 3.05) is 26.2 Å². The summed E-state index contributed by atoms with van der Waals surface area (Å²) in [6, 6.07) is 18.4. The lowest BCUT2D eigenvalue weighted by Crippen LogP contribution is -2.48. The average molecular weight is 463 g/mol. The molecule has 0 aliphatic carbocycles. The van der Waals surface area contributed by atoms with Gasteiger partial charge in [0.1, 0.15) is 0 Å². The van der Waals surface area contributed by atoms with Gasteiger partial charge in [0.15, 0.2) is 0 Å². The van der Waals surface area contributed by atoms with E-state index < -0.39 is 11.9 Å². The normalized spacial score (nSPS) is 13.9. The number of aliphatic carboxylic acids is 2. The number of hydrogen-bond acceptors (Lipinski definition) is 4. The fourth-order valence-electron chi connectivity index (χ4n) is 2.89. The zero-order valence-electron chi connectivity index (χ0n) is 15.8. The molecular formula is C21H23BrN2O5. The number of hydrogen-bond donors (Lipinski definition) is 2. The Bertz CT molecular complexity index is 807. The predicted octanol–water partition coefficient (Wildman–Crippen LogP) is 2.49. The SMILES string of the molecule is O=C(Cc1ccccc1)N1CCN(Cc2ccc(Br)cc2)CC1.O=C(O)C(=O)O. The second kappa shape index (κ2) is 11.3. The number of rotatable bonds is 4. The number of benzene rings is 2. The Balaban J connectivity index is 0.000000438. The lowest BCUT2D eigenvalue weighted by Gasteiger charge is -2.34. The van der Waals surface area contributed by atoms with Gasteiger partial charge in [-0.05, 0) is 23.3 Å². The van der Waals surface area contributed by atoms with Crippen LogP contribution < -0.4 is 0 Å². The van der Waals surface area contributed by atoms with E-state index in [4.69, 9.17) is 19.8 Å². The maximum absolute atomic E-state index is 12.4. The summed E-state index contributed by atoms with van der Waals surface area (Å²) in [4.78, 5) is 35.0. The molecule has 0 bridgehead atoms. The van der Waals surface area contributed by atoms with E-state index in [9.17, 15) is 4.79 Å². The van der Waals surface area contributed by atoms with Crippen molar-refractivity contribution in [3.05, 3.63) is 70.2 Å². The van der Waals surface area contributed by atoms with Crippen LogP contribution in [0.1, 0.15) is 11.1 Å². The van der Waals surface area contributed by atoms with Crippen LogP contribution in [0, 0.1) is 0 Å². The molecule has 1 aliphatic heterocycles. The summed E-state index contributed by atoms with van der Waals surface area (Å²) in [5.41, 5.74) is 2.41. The molecular weight excluding hydrogens is 440 g/mol. The summed E-state index contributed by atoms with van der Waals surface area (Å²) in [5.74, 6) is -3.41. The average Bonchev–Trinajstić information content (AvgIpc) is 2.71. The van der Waals surface area contributed by atoms with Gasteiger partial charge in [0.25, 0.3) is 0 Å². The molecule has 2 aromatic rings. The van der Waals surface area contributed by atoms with Crippen molar-refractivity contribution in [3.8, 4) is 0 Å². The molecule has 0 aromatic heterocycles. The minimum Gasteiger partial charge on any atom is -0.473 e. The van der Waals surface area contributed by atoms with Crippen LogP contribution in [-0.2, 0) is 27.3 Å². The van der Waals surface area contributed by atoms with Gasteiger partial charge in [-0.1, -0.05) is 58.4 Å². The van der Waals surface area contributed by atoms with E-state index in [1.54, 1.807) is 0 Å². The Morgan fingerprint density at radius 1 is 0.793 bits per heavy atom. The molecule has 1 saturated heterocycles. The van der Waals surface area contributed by atoms with E-state index in [1.165, 1.54) is 5.56 Å². The van der Waals surface area contributed by atoms with Crippen LogP contribution in [0.2, 0.25) is 0 Å². The van der Waals surface area contributed by atoms with Crippen molar-refractivity contribution in [1.82, 2.24) is 9.80 Å². The molecule has 0 spiro atoms. The van der Waals surface area contributed by atoms with Gasteiger partial charge in [0.05, 0.1) is 6.42 Å². The maximum Gasteiger partial charge on any atom is 0.414 e. The van der Waals surface area contributed by atoms with Gasteiger partial charge >= 0.3 is 11.9 Å². The molecule has 1 aliphatic rings. The molecule has 0 radical (unpaired) electrons. The fraction of sp³-hybridized carbons (Fsp3) is 0.286. The third kappa shape index (κ3) is 8.05. The summed E-state index contributed by atoms with van der Waals surface area (Å²) >= 11 is 3.46. The number of carboxylic acid groups (broad SMARTS) is 2. The fourth-order valence-corrected chi connectivity index (χ4v) is 3.15. The van der Waals surface area contributed by atoms with Crippen LogP contribution in [-0.4, -0.2) is 64.0 Å². The number of halogens is 1. The first kappa shape index (κ1) is 22.6. The van der Waals surface area contributed by atoms with Crippen LogP contribution in [0.5, 0.6) is 0 Å². The second-order valence-corrected chi connectivity index (χ2v) is 7.47. The monoisotopic (exact) mass is 462 g/mol. The van der Waals surface area contributed by atoms with E-state index in [0.717, 1.165) is 42.8 Å². The van der Waals surface area contributed by atoms with Gasteiger partial charge in [-0.15, -0.1) is 0 Å². The van der Waals surface area contributed by atoms with Crippen LogP contribution in [0.15, 0.2) is 59.1 Å². The smallest absolute Gasteiger partial charge is 0.414 e. The van der Waals surface area contributed by atoms with Crippen molar-refractivity contribution >= 4 is 33.8 Å². The molecule has 1 amide bonds. The van der Waals surface area contributed by atoms with Gasteiger partial charge in [-0.2, -0.15) is 0 Å². The largest absolute Gasteiger partial charge is 0.473 e. The minimum absolute atomic E-state index is 0.236. The number of amides is 1. The third-order valence-electron chi connectivity index (χ3n) is 4.43. The van der Waals surface area contributed by atoms with Crippen molar-refractivity contribution in [2.24, 2.45) is 0 Å². The van der Waals surface area contributed by atoms with Crippen LogP contribution in [0.4, 0.5) is 0 Å².